The lowest BCUT2D eigenvalue weighted by molar-refractivity contribution is 0.370. The third-order valence-electron chi connectivity index (χ3n) is 2.08. The smallest absolute Gasteiger partial charge is 0.0880 e. The highest BCUT2D eigenvalue weighted by Crippen LogP contribution is 2.18. The summed E-state index contributed by atoms with van der Waals surface area (Å²) in [6, 6.07) is 0. The monoisotopic (exact) mass is 196 g/mol. The Labute approximate surface area is 85.9 Å². The van der Waals surface area contributed by atoms with Crippen LogP contribution in [0.4, 0.5) is 0 Å². The van der Waals surface area contributed by atoms with Crippen LogP contribution in [0.15, 0.2) is 6.20 Å². The molecule has 0 radical (unpaired) electrons. The van der Waals surface area contributed by atoms with Crippen LogP contribution in [0.3, 0.4) is 0 Å². The molecule has 1 aromatic rings. The van der Waals surface area contributed by atoms with Crippen LogP contribution >= 0.6 is 0 Å². The third kappa shape index (κ3) is 3.10. The third-order valence-corrected chi connectivity index (χ3v) is 2.08. The van der Waals surface area contributed by atoms with Gasteiger partial charge in [0.1, 0.15) is 0 Å². The van der Waals surface area contributed by atoms with Crippen LogP contribution in [0.2, 0.25) is 0 Å². The predicted octanol–water partition coefficient (Wildman–Crippen LogP) is 1.14. The quantitative estimate of drug-likeness (QED) is 0.727. The minimum atomic E-state index is 0.0936. The van der Waals surface area contributed by atoms with Crippen molar-refractivity contribution in [1.29, 1.82) is 0 Å². The Kier molecular flexibility index (Phi) is 3.26. The summed E-state index contributed by atoms with van der Waals surface area (Å²) in [4.78, 5) is 2.14. The van der Waals surface area contributed by atoms with Crippen molar-refractivity contribution in [2.24, 2.45) is 0 Å². The molecule has 0 aromatic carbocycles. The first-order valence-electron chi connectivity index (χ1n) is 4.95. The van der Waals surface area contributed by atoms with Crippen molar-refractivity contribution in [2.45, 2.75) is 32.7 Å². The van der Waals surface area contributed by atoms with Crippen molar-refractivity contribution in [3.63, 3.8) is 0 Å². The van der Waals surface area contributed by atoms with E-state index in [0.29, 0.717) is 0 Å². The highest BCUT2D eigenvalue weighted by Gasteiger charge is 2.17. The topological polar surface area (TPSA) is 34.0 Å². The molecule has 0 saturated heterocycles. The molecule has 0 spiro atoms. The summed E-state index contributed by atoms with van der Waals surface area (Å²) >= 11 is 0. The van der Waals surface area contributed by atoms with Crippen LogP contribution in [0, 0.1) is 0 Å². The van der Waals surface area contributed by atoms with E-state index < -0.39 is 0 Å². The molecule has 0 aliphatic heterocycles. The van der Waals surface area contributed by atoms with Gasteiger partial charge in [0.2, 0.25) is 0 Å². The number of nitrogens with zero attached hydrogens (tertiary/aromatic N) is 4. The lowest BCUT2D eigenvalue weighted by Gasteiger charge is -2.13. The number of aromatic nitrogens is 3. The fourth-order valence-electron chi connectivity index (χ4n) is 1.05. The van der Waals surface area contributed by atoms with Gasteiger partial charge in [0, 0.05) is 18.2 Å². The normalized spacial score (nSPS) is 12.4. The van der Waals surface area contributed by atoms with Crippen LogP contribution in [-0.2, 0) is 12.0 Å². The van der Waals surface area contributed by atoms with E-state index in [4.69, 9.17) is 0 Å². The van der Waals surface area contributed by atoms with E-state index in [1.165, 1.54) is 0 Å². The highest BCUT2D eigenvalue weighted by atomic mass is 15.4. The van der Waals surface area contributed by atoms with Gasteiger partial charge in [-0.15, -0.1) is 5.10 Å². The second-order valence-corrected chi connectivity index (χ2v) is 4.92. The van der Waals surface area contributed by atoms with E-state index in [2.05, 4.69) is 50.1 Å². The van der Waals surface area contributed by atoms with Crippen LogP contribution in [0.1, 0.15) is 26.5 Å². The summed E-state index contributed by atoms with van der Waals surface area (Å²) < 4.78 is 1.90. The molecular weight excluding hydrogens is 176 g/mol. The number of hydrogen-bond donors (Lipinski definition) is 0. The second-order valence-electron chi connectivity index (χ2n) is 4.92. The van der Waals surface area contributed by atoms with Crippen LogP contribution in [-0.4, -0.2) is 40.5 Å². The Balaban J connectivity index is 2.60. The average molecular weight is 196 g/mol. The second kappa shape index (κ2) is 4.09. The van der Waals surface area contributed by atoms with Crippen molar-refractivity contribution in [1.82, 2.24) is 19.9 Å². The van der Waals surface area contributed by atoms with Gasteiger partial charge in [-0.2, -0.15) is 0 Å². The standard InChI is InChI=1S/C10H20N4/c1-10(2,3)9-8-14(12-11-9)7-6-13(4)5/h8H,6-7H2,1-5H3. The molecule has 0 bridgehead atoms. The molecule has 1 aromatic heterocycles. The molecule has 0 aliphatic rings. The minimum absolute atomic E-state index is 0.0936. The SMILES string of the molecule is CN(C)CCn1cc(C(C)(C)C)nn1. The van der Waals surface area contributed by atoms with Gasteiger partial charge < -0.3 is 4.90 Å². The van der Waals surface area contributed by atoms with Crippen LogP contribution < -0.4 is 0 Å². The van der Waals surface area contributed by atoms with E-state index >= 15 is 0 Å². The first-order chi connectivity index (χ1) is 6.39. The Bertz CT molecular complexity index is 283. The summed E-state index contributed by atoms with van der Waals surface area (Å²) in [6.07, 6.45) is 2.03. The molecule has 4 nitrogen and oxygen atoms in total. The summed E-state index contributed by atoms with van der Waals surface area (Å²) in [5, 5.41) is 8.25. The van der Waals surface area contributed by atoms with Crippen molar-refractivity contribution < 1.29 is 0 Å². The number of likely N-dealkylation sites (N-methyl/N-ethyl adjacent to an activating group) is 1. The van der Waals surface area contributed by atoms with Gasteiger partial charge in [0.25, 0.3) is 0 Å². The molecule has 0 amide bonds. The number of hydrogen-bond acceptors (Lipinski definition) is 3. The van der Waals surface area contributed by atoms with E-state index in [9.17, 15) is 0 Å². The molecule has 0 saturated carbocycles. The van der Waals surface area contributed by atoms with Crippen molar-refractivity contribution in [3.05, 3.63) is 11.9 Å². The molecule has 14 heavy (non-hydrogen) atoms. The van der Waals surface area contributed by atoms with Gasteiger partial charge in [0.15, 0.2) is 0 Å². The molecule has 0 fully saturated rings. The number of rotatable bonds is 3. The lowest BCUT2D eigenvalue weighted by atomic mass is 9.93. The zero-order valence-electron chi connectivity index (χ0n) is 9.78. The predicted molar refractivity (Wildman–Crippen MR) is 57.3 cm³/mol. The maximum absolute atomic E-state index is 4.16. The first-order valence-corrected chi connectivity index (χ1v) is 4.95. The zero-order valence-corrected chi connectivity index (χ0v) is 9.78. The molecule has 1 heterocycles. The summed E-state index contributed by atoms with van der Waals surface area (Å²) in [7, 11) is 4.11. The molecule has 80 valence electrons. The Morgan fingerprint density at radius 2 is 2.00 bits per heavy atom. The molecule has 1 rings (SSSR count). The summed E-state index contributed by atoms with van der Waals surface area (Å²) in [5.74, 6) is 0. The molecule has 0 N–H and O–H groups in total. The van der Waals surface area contributed by atoms with E-state index in [0.717, 1.165) is 18.8 Å². The molecule has 0 unspecified atom stereocenters. The van der Waals surface area contributed by atoms with E-state index in [1.807, 2.05) is 10.9 Å². The van der Waals surface area contributed by atoms with Gasteiger partial charge in [-0.25, -0.2) is 0 Å². The van der Waals surface area contributed by atoms with Gasteiger partial charge in [-0.3, -0.25) is 4.68 Å². The van der Waals surface area contributed by atoms with Gasteiger partial charge >= 0.3 is 0 Å². The fraction of sp³-hybridized carbons (Fsp3) is 0.800. The van der Waals surface area contributed by atoms with E-state index in [-0.39, 0.29) is 5.41 Å². The maximum atomic E-state index is 4.16. The van der Waals surface area contributed by atoms with Gasteiger partial charge in [-0.1, -0.05) is 26.0 Å². The Hall–Kier alpha value is -0.900. The van der Waals surface area contributed by atoms with Gasteiger partial charge in [-0.05, 0) is 14.1 Å². The highest BCUT2D eigenvalue weighted by molar-refractivity contribution is 5.06. The Morgan fingerprint density at radius 3 is 2.43 bits per heavy atom. The average Bonchev–Trinajstić information content (AvgIpc) is 2.47. The van der Waals surface area contributed by atoms with Gasteiger partial charge in [0.05, 0.1) is 12.2 Å². The largest absolute Gasteiger partial charge is 0.308 e. The minimum Gasteiger partial charge on any atom is -0.308 e. The first kappa shape index (κ1) is 11.2. The summed E-state index contributed by atoms with van der Waals surface area (Å²) in [5.41, 5.74) is 1.15. The Morgan fingerprint density at radius 1 is 1.36 bits per heavy atom. The molecule has 0 atom stereocenters. The van der Waals surface area contributed by atoms with Crippen molar-refractivity contribution >= 4 is 0 Å². The van der Waals surface area contributed by atoms with Crippen molar-refractivity contribution in [2.75, 3.05) is 20.6 Å². The summed E-state index contributed by atoms with van der Waals surface area (Å²) in [6.45, 7) is 8.33. The van der Waals surface area contributed by atoms with E-state index in [1.54, 1.807) is 0 Å². The van der Waals surface area contributed by atoms with Crippen LogP contribution in [0.5, 0.6) is 0 Å². The van der Waals surface area contributed by atoms with Crippen LogP contribution in [0.25, 0.3) is 0 Å². The molecule has 0 aliphatic carbocycles. The zero-order chi connectivity index (χ0) is 10.8. The molecular formula is C10H20N4. The lowest BCUT2D eigenvalue weighted by Crippen LogP contribution is -2.18. The van der Waals surface area contributed by atoms with Crippen molar-refractivity contribution in [3.8, 4) is 0 Å². The fourth-order valence-corrected chi connectivity index (χ4v) is 1.05. The molecule has 4 heteroatoms. The maximum Gasteiger partial charge on any atom is 0.0880 e.